The number of fused-ring (bicyclic) bond motifs is 1. The number of rotatable bonds is 5. The quantitative estimate of drug-likeness (QED) is 0.725. The Morgan fingerprint density at radius 3 is 2.68 bits per heavy atom. The monoisotopic (exact) mass is 450 g/mol. The van der Waals surface area contributed by atoms with Crippen LogP contribution in [-0.2, 0) is 22.1 Å². The molecule has 10 heteroatoms. The number of benzene rings is 1. The van der Waals surface area contributed by atoms with Gasteiger partial charge in [-0.05, 0) is 44.4 Å². The summed E-state index contributed by atoms with van der Waals surface area (Å²) in [5.41, 5.74) is 0.945. The van der Waals surface area contributed by atoms with Crippen LogP contribution < -0.4 is 9.64 Å². The molecule has 2 heterocycles. The van der Waals surface area contributed by atoms with E-state index < -0.39 is 21.8 Å². The molecule has 1 aromatic heterocycles. The first-order chi connectivity index (χ1) is 14.5. The molecular weight excluding hydrogens is 426 g/mol. The van der Waals surface area contributed by atoms with Gasteiger partial charge in [-0.25, -0.2) is 19.0 Å². The van der Waals surface area contributed by atoms with E-state index >= 15 is 0 Å². The first-order valence-electron chi connectivity index (χ1n) is 10.3. The van der Waals surface area contributed by atoms with Crippen molar-refractivity contribution in [3.63, 3.8) is 0 Å². The number of aromatic nitrogens is 2. The molecule has 166 valence electrons. The van der Waals surface area contributed by atoms with Crippen LogP contribution in [0.2, 0.25) is 0 Å². The Labute approximate surface area is 179 Å². The summed E-state index contributed by atoms with van der Waals surface area (Å²) in [5.74, 6) is -2.51. The lowest BCUT2D eigenvalue weighted by molar-refractivity contribution is -0.00603. The molecule has 2 aliphatic carbocycles. The number of alkyl halides is 2. The molecule has 2 aromatic rings. The van der Waals surface area contributed by atoms with E-state index in [-0.39, 0.29) is 48.1 Å². The number of β-amino-alcohol motifs (C(OH)–C–C–N with tert-alkyl or cyclic N) is 1. The predicted octanol–water partition coefficient (Wildman–Crippen LogP) is 3.33. The van der Waals surface area contributed by atoms with Crippen molar-refractivity contribution in [2.45, 2.75) is 61.7 Å². The molecule has 1 saturated heterocycles. The van der Waals surface area contributed by atoms with Crippen molar-refractivity contribution in [3.05, 3.63) is 29.5 Å². The molecule has 7 nitrogen and oxygen atoms in total. The van der Waals surface area contributed by atoms with E-state index in [1.54, 1.807) is 30.0 Å². The van der Waals surface area contributed by atoms with Crippen LogP contribution in [0.4, 0.5) is 14.7 Å². The molecular formula is C21H24F2N4O3S. The van der Waals surface area contributed by atoms with Gasteiger partial charge in [-0.3, -0.25) is 0 Å². The van der Waals surface area contributed by atoms with Gasteiger partial charge in [0.1, 0.15) is 11.4 Å². The number of nitrogens with zero attached hydrogens (tertiary/aromatic N) is 3. The summed E-state index contributed by atoms with van der Waals surface area (Å²) in [5, 5.41) is 9.85. The van der Waals surface area contributed by atoms with E-state index in [1.165, 1.54) is 6.26 Å². The van der Waals surface area contributed by atoms with Crippen LogP contribution in [0, 0.1) is 4.78 Å². The predicted molar refractivity (Wildman–Crippen MR) is 111 cm³/mol. The summed E-state index contributed by atoms with van der Waals surface area (Å²) in [4.78, 5) is 10.7. The van der Waals surface area contributed by atoms with Crippen LogP contribution in [0.3, 0.4) is 0 Å². The lowest BCUT2D eigenvalue weighted by Gasteiger charge is -2.43. The summed E-state index contributed by atoms with van der Waals surface area (Å²) >= 11 is 0. The zero-order valence-corrected chi connectivity index (χ0v) is 18.1. The molecule has 5 rings (SSSR count). The van der Waals surface area contributed by atoms with E-state index in [2.05, 4.69) is 9.97 Å². The van der Waals surface area contributed by atoms with Crippen molar-refractivity contribution >= 4 is 15.7 Å². The van der Waals surface area contributed by atoms with E-state index in [9.17, 15) is 18.1 Å². The van der Waals surface area contributed by atoms with Gasteiger partial charge in [0, 0.05) is 30.3 Å². The van der Waals surface area contributed by atoms with Gasteiger partial charge in [-0.1, -0.05) is 0 Å². The van der Waals surface area contributed by atoms with E-state index in [0.29, 0.717) is 22.6 Å². The van der Waals surface area contributed by atoms with Crippen LogP contribution in [0.15, 0.2) is 23.1 Å². The number of ether oxygens (including phenoxy) is 1. The standard InChI is InChI=1S/C21H24F2N4O3S/c1-11-15(28)10-27(11)20-25-18(14-7-8-21(22,23)19(14)26-20)12-3-6-16(30-13-4-5-13)17(9-12)31(2,24)29/h3,6,9,11,13,15,24,28H,4-5,7-8,10H2,1-2H3/t11-,15+,31-/m0/s1. The minimum absolute atomic E-state index is 0.0688. The maximum atomic E-state index is 14.6. The third-order valence-electron chi connectivity index (χ3n) is 6.17. The fourth-order valence-corrected chi connectivity index (χ4v) is 4.91. The highest BCUT2D eigenvalue weighted by Crippen LogP contribution is 2.45. The molecule has 0 bridgehead atoms. The van der Waals surface area contributed by atoms with Crippen molar-refractivity contribution in [1.29, 1.82) is 4.78 Å². The highest BCUT2D eigenvalue weighted by molar-refractivity contribution is 7.91. The van der Waals surface area contributed by atoms with Crippen molar-refractivity contribution < 1.29 is 22.8 Å². The molecule has 0 unspecified atom stereocenters. The maximum absolute atomic E-state index is 14.6. The number of hydrogen-bond acceptors (Lipinski definition) is 7. The molecule has 3 aliphatic rings. The van der Waals surface area contributed by atoms with Gasteiger partial charge in [0.05, 0.1) is 38.6 Å². The van der Waals surface area contributed by atoms with E-state index in [0.717, 1.165) is 12.8 Å². The molecule has 0 radical (unpaired) electrons. The Morgan fingerprint density at radius 2 is 2.06 bits per heavy atom. The molecule has 31 heavy (non-hydrogen) atoms. The molecule has 1 aliphatic heterocycles. The molecule has 2 fully saturated rings. The van der Waals surface area contributed by atoms with Crippen molar-refractivity contribution in [3.8, 4) is 17.0 Å². The summed E-state index contributed by atoms with van der Waals surface area (Å²) in [6.45, 7) is 2.07. The van der Waals surface area contributed by atoms with Crippen molar-refractivity contribution in [1.82, 2.24) is 9.97 Å². The number of aliphatic hydroxyl groups excluding tert-OH is 1. The average molecular weight is 451 g/mol. The summed E-state index contributed by atoms with van der Waals surface area (Å²) < 4.78 is 55.8. The van der Waals surface area contributed by atoms with Gasteiger partial charge in [0.15, 0.2) is 0 Å². The third-order valence-corrected chi connectivity index (χ3v) is 7.33. The number of hydrogen-bond donors (Lipinski definition) is 2. The van der Waals surface area contributed by atoms with E-state index in [1.807, 2.05) is 0 Å². The summed E-state index contributed by atoms with van der Waals surface area (Å²) in [6, 6.07) is 4.67. The molecule has 0 spiro atoms. The van der Waals surface area contributed by atoms with Gasteiger partial charge in [0.25, 0.3) is 5.92 Å². The second-order valence-electron chi connectivity index (χ2n) is 8.69. The molecule has 1 saturated carbocycles. The minimum Gasteiger partial charge on any atom is -0.489 e. The Bertz CT molecular complexity index is 1170. The van der Waals surface area contributed by atoms with Gasteiger partial charge >= 0.3 is 0 Å². The lowest BCUT2D eigenvalue weighted by atomic mass is 10.0. The zero-order chi connectivity index (χ0) is 22.1. The number of aliphatic hydroxyl groups is 1. The van der Waals surface area contributed by atoms with Crippen LogP contribution in [-0.4, -0.2) is 50.3 Å². The fourth-order valence-electron chi connectivity index (χ4n) is 4.06. The Balaban J connectivity index is 1.65. The summed E-state index contributed by atoms with van der Waals surface area (Å²) in [6.07, 6.45) is 2.46. The number of halogens is 2. The second kappa shape index (κ2) is 6.83. The highest BCUT2D eigenvalue weighted by atomic mass is 32.2. The summed E-state index contributed by atoms with van der Waals surface area (Å²) in [7, 11) is -3.11. The smallest absolute Gasteiger partial charge is 0.290 e. The Kier molecular flexibility index (Phi) is 4.53. The van der Waals surface area contributed by atoms with Gasteiger partial charge < -0.3 is 14.7 Å². The first-order valence-corrected chi connectivity index (χ1v) is 12.3. The molecule has 3 atom stereocenters. The van der Waals surface area contributed by atoms with Gasteiger partial charge in [0.2, 0.25) is 5.95 Å². The maximum Gasteiger partial charge on any atom is 0.290 e. The minimum atomic E-state index is -3.11. The molecule has 0 amide bonds. The SMILES string of the molecule is C[C@H]1[C@H](O)CN1c1nc(-c2ccc(OC3CC3)c([S@@](C)(=N)=O)c2)c2c(n1)C(F)(F)CC2. The van der Waals surface area contributed by atoms with Crippen LogP contribution in [0.25, 0.3) is 11.3 Å². The van der Waals surface area contributed by atoms with Crippen LogP contribution >= 0.6 is 0 Å². The van der Waals surface area contributed by atoms with Crippen molar-refractivity contribution in [2.75, 3.05) is 17.7 Å². The Morgan fingerprint density at radius 1 is 1.32 bits per heavy atom. The van der Waals surface area contributed by atoms with Gasteiger partial charge in [-0.15, -0.1) is 0 Å². The average Bonchev–Trinajstić information content (AvgIpc) is 3.47. The molecule has 1 aromatic carbocycles. The number of anilines is 1. The lowest BCUT2D eigenvalue weighted by Crippen LogP contribution is -2.59. The Hall–Kier alpha value is -2.33. The zero-order valence-electron chi connectivity index (χ0n) is 17.3. The van der Waals surface area contributed by atoms with Gasteiger partial charge in [-0.2, -0.15) is 8.78 Å². The van der Waals surface area contributed by atoms with E-state index in [4.69, 9.17) is 9.52 Å². The third kappa shape index (κ3) is 3.55. The molecule has 2 N–H and O–H groups in total. The largest absolute Gasteiger partial charge is 0.489 e. The highest BCUT2D eigenvalue weighted by Gasteiger charge is 2.45. The number of nitrogens with one attached hydrogen (secondary N) is 1. The normalized spacial score (nSPS) is 26.2. The fraction of sp³-hybridized carbons (Fsp3) is 0.524. The topological polar surface area (TPSA) is 99.4 Å². The van der Waals surface area contributed by atoms with Crippen LogP contribution in [0.1, 0.15) is 37.4 Å². The van der Waals surface area contributed by atoms with Crippen LogP contribution in [0.5, 0.6) is 5.75 Å². The van der Waals surface area contributed by atoms with Crippen molar-refractivity contribution in [2.24, 2.45) is 0 Å². The first kappa shape index (κ1) is 20.6. The second-order valence-corrected chi connectivity index (χ2v) is 10.8.